The summed E-state index contributed by atoms with van der Waals surface area (Å²) in [5.74, 6) is 1.63. The molecule has 1 N–H and O–H groups in total. The van der Waals surface area contributed by atoms with E-state index in [9.17, 15) is 14.4 Å². The highest BCUT2D eigenvalue weighted by Gasteiger charge is 2.34. The number of ether oxygens (including phenoxy) is 1. The average Bonchev–Trinajstić information content (AvgIpc) is 3.24. The lowest BCUT2D eigenvalue weighted by molar-refractivity contribution is -0.123. The second-order valence-corrected chi connectivity index (χ2v) is 7.32. The van der Waals surface area contributed by atoms with Gasteiger partial charge < -0.3 is 14.6 Å². The molecule has 2 aromatic rings. The number of hydrogen-bond acceptors (Lipinski definition) is 6. The summed E-state index contributed by atoms with van der Waals surface area (Å²) < 4.78 is 9.34. The Labute approximate surface area is 148 Å². The Morgan fingerprint density at radius 3 is 2.80 bits per heavy atom. The molecule has 0 saturated carbocycles. The predicted octanol–water partition coefficient (Wildman–Crippen LogP) is -0.928. The van der Waals surface area contributed by atoms with E-state index in [1.54, 1.807) is 25.9 Å². The molecule has 25 heavy (non-hydrogen) atoms. The Kier molecular flexibility index (Phi) is 4.74. The second kappa shape index (κ2) is 6.68. The normalized spacial score (nSPS) is 20.3. The zero-order valence-electron chi connectivity index (χ0n) is 14.4. The van der Waals surface area contributed by atoms with Crippen LogP contribution in [0.3, 0.4) is 0 Å². The zero-order valence-corrected chi connectivity index (χ0v) is 15.3. The van der Waals surface area contributed by atoms with E-state index in [2.05, 4.69) is 10.3 Å². The number of hydrogen-bond donors (Lipinski definition) is 1. The number of amides is 1. The summed E-state index contributed by atoms with van der Waals surface area (Å²) in [6.07, 6.45) is 2.30. The smallest absolute Gasteiger partial charge is 0.332 e. The van der Waals surface area contributed by atoms with Gasteiger partial charge >= 0.3 is 5.69 Å². The highest BCUT2D eigenvalue weighted by atomic mass is 32.2. The summed E-state index contributed by atoms with van der Waals surface area (Å²) in [5.41, 5.74) is -0.742. The van der Waals surface area contributed by atoms with Crippen LogP contribution < -0.4 is 16.6 Å². The van der Waals surface area contributed by atoms with Crippen LogP contribution in [0, 0.1) is 0 Å². The molecule has 0 spiro atoms. The lowest BCUT2D eigenvalue weighted by Gasteiger charge is -2.26. The molecule has 0 aromatic carbocycles. The van der Waals surface area contributed by atoms with Crippen molar-refractivity contribution in [3.05, 3.63) is 27.2 Å². The summed E-state index contributed by atoms with van der Waals surface area (Å²) in [6, 6.07) is 0. The van der Waals surface area contributed by atoms with Crippen molar-refractivity contribution >= 4 is 28.8 Å². The van der Waals surface area contributed by atoms with Crippen molar-refractivity contribution in [1.82, 2.24) is 24.0 Å². The molecular formula is C15H21N5O4S. The molecule has 3 rings (SSSR count). The fraction of sp³-hybridized carbons (Fsp3) is 0.600. The first-order chi connectivity index (χ1) is 11.9. The molecular weight excluding hydrogens is 346 g/mol. The molecule has 1 atom stereocenters. The van der Waals surface area contributed by atoms with Crippen LogP contribution in [0.15, 0.2) is 15.9 Å². The van der Waals surface area contributed by atoms with Gasteiger partial charge in [-0.2, -0.15) is 11.8 Å². The molecule has 0 aliphatic carbocycles. The van der Waals surface area contributed by atoms with Gasteiger partial charge in [-0.15, -0.1) is 0 Å². The van der Waals surface area contributed by atoms with E-state index in [0.29, 0.717) is 6.54 Å². The molecule has 1 aliphatic heterocycles. The summed E-state index contributed by atoms with van der Waals surface area (Å²) in [4.78, 5) is 40.7. The minimum atomic E-state index is -0.469. The fourth-order valence-electron chi connectivity index (χ4n) is 2.95. The third-order valence-corrected chi connectivity index (χ3v) is 5.86. The van der Waals surface area contributed by atoms with Gasteiger partial charge in [0.15, 0.2) is 11.2 Å². The lowest BCUT2D eigenvalue weighted by Crippen LogP contribution is -2.45. The van der Waals surface area contributed by atoms with Crippen LogP contribution in [0.1, 0.15) is 6.42 Å². The Balaban J connectivity index is 1.80. The number of carbonyl (C=O) groups is 1. The van der Waals surface area contributed by atoms with E-state index >= 15 is 0 Å². The standard InChI is InChI=1S/C15H21N5O4S/c1-18-12-11(13(22)19(2)14(18)23)20(9-17-12)6-10(21)16-7-15(24-3)4-5-25-8-15/h9H,4-8H2,1-3H3,(H,16,21). The molecule has 1 aliphatic rings. The van der Waals surface area contributed by atoms with E-state index in [4.69, 9.17) is 4.74 Å². The highest BCUT2D eigenvalue weighted by molar-refractivity contribution is 7.99. The number of aromatic nitrogens is 4. The second-order valence-electron chi connectivity index (χ2n) is 6.22. The summed E-state index contributed by atoms with van der Waals surface area (Å²) in [6.45, 7) is 0.384. The molecule has 9 nitrogen and oxygen atoms in total. The van der Waals surface area contributed by atoms with Crippen LogP contribution in [0.2, 0.25) is 0 Å². The molecule has 136 valence electrons. The number of aryl methyl sites for hydroxylation is 1. The number of fused-ring (bicyclic) bond motifs is 1. The van der Waals surface area contributed by atoms with Crippen molar-refractivity contribution in [2.45, 2.75) is 18.6 Å². The van der Waals surface area contributed by atoms with Gasteiger partial charge in [0.2, 0.25) is 5.91 Å². The maximum Gasteiger partial charge on any atom is 0.332 e. The molecule has 2 aromatic heterocycles. The van der Waals surface area contributed by atoms with E-state index in [-0.39, 0.29) is 29.2 Å². The Morgan fingerprint density at radius 2 is 2.16 bits per heavy atom. The van der Waals surface area contributed by atoms with Crippen LogP contribution in [0.4, 0.5) is 0 Å². The first-order valence-corrected chi connectivity index (χ1v) is 9.04. The SMILES string of the molecule is COC1(CNC(=O)Cn2cnc3c2c(=O)n(C)c(=O)n3C)CCSC1. The number of carbonyl (C=O) groups excluding carboxylic acids is 1. The number of nitrogens with one attached hydrogen (secondary N) is 1. The summed E-state index contributed by atoms with van der Waals surface area (Å²) in [5, 5.41) is 2.88. The molecule has 10 heteroatoms. The third kappa shape index (κ3) is 3.11. The van der Waals surface area contributed by atoms with Gasteiger partial charge in [-0.1, -0.05) is 0 Å². The molecule has 0 radical (unpaired) electrons. The van der Waals surface area contributed by atoms with Crippen molar-refractivity contribution in [1.29, 1.82) is 0 Å². The average molecular weight is 367 g/mol. The largest absolute Gasteiger partial charge is 0.376 e. The van der Waals surface area contributed by atoms with Crippen molar-refractivity contribution in [3.8, 4) is 0 Å². The lowest BCUT2D eigenvalue weighted by atomic mass is 10.0. The monoisotopic (exact) mass is 367 g/mol. The topological polar surface area (TPSA) is 100 Å². The number of nitrogens with zero attached hydrogens (tertiary/aromatic N) is 4. The van der Waals surface area contributed by atoms with Crippen molar-refractivity contribution < 1.29 is 9.53 Å². The fourth-order valence-corrected chi connectivity index (χ4v) is 4.35. The first-order valence-electron chi connectivity index (χ1n) is 7.89. The Morgan fingerprint density at radius 1 is 1.40 bits per heavy atom. The van der Waals surface area contributed by atoms with Crippen molar-refractivity contribution in [2.24, 2.45) is 14.1 Å². The van der Waals surface area contributed by atoms with Crippen LogP contribution in [-0.2, 0) is 30.2 Å². The van der Waals surface area contributed by atoms with Gasteiger partial charge in [0.1, 0.15) is 6.54 Å². The minimum absolute atomic E-state index is 0.0448. The summed E-state index contributed by atoms with van der Waals surface area (Å²) in [7, 11) is 4.61. The molecule has 3 heterocycles. The van der Waals surface area contributed by atoms with Gasteiger partial charge in [-0.05, 0) is 12.2 Å². The van der Waals surface area contributed by atoms with Crippen LogP contribution in [-0.4, -0.2) is 55.4 Å². The molecule has 1 saturated heterocycles. The predicted molar refractivity (Wildman–Crippen MR) is 94.9 cm³/mol. The van der Waals surface area contributed by atoms with E-state index in [1.165, 1.54) is 22.5 Å². The number of methoxy groups -OCH3 is 1. The van der Waals surface area contributed by atoms with E-state index in [0.717, 1.165) is 22.5 Å². The van der Waals surface area contributed by atoms with Crippen LogP contribution in [0.5, 0.6) is 0 Å². The van der Waals surface area contributed by atoms with Crippen LogP contribution in [0.25, 0.3) is 11.2 Å². The maximum atomic E-state index is 12.4. The molecule has 1 fully saturated rings. The van der Waals surface area contributed by atoms with Gasteiger partial charge in [0.05, 0.1) is 11.9 Å². The number of thioether (sulfide) groups is 1. The molecule has 1 amide bonds. The number of imidazole rings is 1. The van der Waals surface area contributed by atoms with Crippen molar-refractivity contribution in [3.63, 3.8) is 0 Å². The Hall–Kier alpha value is -2.07. The van der Waals surface area contributed by atoms with E-state index < -0.39 is 11.2 Å². The first kappa shape index (κ1) is 17.7. The van der Waals surface area contributed by atoms with Crippen molar-refractivity contribution in [2.75, 3.05) is 25.2 Å². The van der Waals surface area contributed by atoms with E-state index in [1.807, 2.05) is 0 Å². The summed E-state index contributed by atoms with van der Waals surface area (Å²) >= 11 is 1.80. The zero-order chi connectivity index (χ0) is 18.2. The third-order valence-electron chi connectivity index (χ3n) is 4.64. The maximum absolute atomic E-state index is 12.4. The highest BCUT2D eigenvalue weighted by Crippen LogP contribution is 2.30. The van der Waals surface area contributed by atoms with Gasteiger partial charge in [0.25, 0.3) is 5.56 Å². The van der Waals surface area contributed by atoms with Crippen LogP contribution >= 0.6 is 11.8 Å². The van der Waals surface area contributed by atoms with Gasteiger partial charge in [-0.25, -0.2) is 9.78 Å². The Bertz CT molecular complexity index is 922. The molecule has 1 unspecified atom stereocenters. The van der Waals surface area contributed by atoms with Gasteiger partial charge in [-0.3, -0.25) is 18.7 Å². The number of rotatable bonds is 5. The van der Waals surface area contributed by atoms with Gasteiger partial charge in [0, 0.05) is 33.5 Å². The molecule has 0 bridgehead atoms. The minimum Gasteiger partial charge on any atom is -0.376 e. The quantitative estimate of drug-likeness (QED) is 0.733.